The molecule has 0 aliphatic rings. The molecule has 0 atom stereocenters. The van der Waals surface area contributed by atoms with Gasteiger partial charge in [-0.15, -0.1) is 0 Å². The van der Waals surface area contributed by atoms with Crippen LogP contribution < -0.4 is 4.72 Å². The van der Waals surface area contributed by atoms with Gasteiger partial charge in [0.15, 0.2) is 0 Å². The number of sulfonamides is 1. The van der Waals surface area contributed by atoms with Crippen molar-refractivity contribution in [3.8, 4) is 5.69 Å². The molecule has 124 valence electrons. The van der Waals surface area contributed by atoms with Crippen molar-refractivity contribution in [2.45, 2.75) is 25.7 Å². The molecule has 0 bridgehead atoms. The predicted molar refractivity (Wildman–Crippen MR) is 95.0 cm³/mol. The Kier molecular flexibility index (Phi) is 4.15. The lowest BCUT2D eigenvalue weighted by Gasteiger charge is -2.10. The molecule has 0 unspecified atom stereocenters. The van der Waals surface area contributed by atoms with E-state index in [2.05, 4.69) is 9.82 Å². The molecule has 0 radical (unpaired) electrons. The normalized spacial score (nSPS) is 11.5. The van der Waals surface area contributed by atoms with Gasteiger partial charge in [-0.25, -0.2) is 13.1 Å². The molecular weight excluding hydrogens is 322 g/mol. The zero-order valence-electron chi connectivity index (χ0n) is 13.8. The van der Waals surface area contributed by atoms with Gasteiger partial charge in [-0.3, -0.25) is 4.72 Å². The molecule has 0 saturated carbocycles. The minimum Gasteiger partial charge on any atom is -0.279 e. The smallest absolute Gasteiger partial charge is 0.265 e. The molecule has 24 heavy (non-hydrogen) atoms. The predicted octanol–water partition coefficient (Wildman–Crippen LogP) is 3.60. The largest absolute Gasteiger partial charge is 0.279 e. The number of para-hydroxylation sites is 1. The molecule has 1 aromatic heterocycles. The van der Waals surface area contributed by atoms with Crippen molar-refractivity contribution in [3.63, 3.8) is 0 Å². The summed E-state index contributed by atoms with van der Waals surface area (Å²) in [5, 5.41) is 4.33. The second-order valence-electron chi connectivity index (χ2n) is 5.78. The average molecular weight is 341 g/mol. The van der Waals surface area contributed by atoms with Gasteiger partial charge in [-0.2, -0.15) is 5.10 Å². The molecule has 3 rings (SSSR count). The average Bonchev–Trinajstić information content (AvgIpc) is 2.94. The van der Waals surface area contributed by atoms with Crippen molar-refractivity contribution < 1.29 is 8.42 Å². The van der Waals surface area contributed by atoms with Crippen LogP contribution >= 0.6 is 0 Å². The van der Waals surface area contributed by atoms with Crippen LogP contribution in [-0.2, 0) is 10.0 Å². The fraction of sp³-hybridized carbons (Fsp3) is 0.167. The number of aromatic nitrogens is 2. The number of anilines is 1. The monoisotopic (exact) mass is 341 g/mol. The molecule has 3 aromatic rings. The van der Waals surface area contributed by atoms with Gasteiger partial charge < -0.3 is 0 Å². The molecule has 5 nitrogen and oxygen atoms in total. The van der Waals surface area contributed by atoms with Crippen molar-refractivity contribution in [3.05, 3.63) is 71.5 Å². The molecular formula is C18H19N3O2S. The van der Waals surface area contributed by atoms with Crippen LogP contribution in [-0.4, -0.2) is 18.2 Å². The number of hydrogen-bond donors (Lipinski definition) is 1. The summed E-state index contributed by atoms with van der Waals surface area (Å²) >= 11 is 0. The second kappa shape index (κ2) is 6.13. The molecule has 1 N–H and O–H groups in total. The first-order valence-corrected chi connectivity index (χ1v) is 9.07. The summed E-state index contributed by atoms with van der Waals surface area (Å²) in [6.45, 7) is 5.49. The van der Waals surface area contributed by atoms with Gasteiger partial charge in [0.1, 0.15) is 4.90 Å². The minimum absolute atomic E-state index is 0.173. The summed E-state index contributed by atoms with van der Waals surface area (Å²) in [6, 6.07) is 15.1. The van der Waals surface area contributed by atoms with Gasteiger partial charge in [0, 0.05) is 0 Å². The first kappa shape index (κ1) is 16.3. The summed E-state index contributed by atoms with van der Waals surface area (Å²) in [4.78, 5) is 0.173. The van der Waals surface area contributed by atoms with E-state index in [4.69, 9.17) is 0 Å². The fourth-order valence-electron chi connectivity index (χ4n) is 2.47. The van der Waals surface area contributed by atoms with Crippen molar-refractivity contribution >= 4 is 15.7 Å². The highest BCUT2D eigenvalue weighted by Crippen LogP contribution is 2.23. The first-order chi connectivity index (χ1) is 11.4. The van der Waals surface area contributed by atoms with E-state index in [1.807, 2.05) is 62.4 Å². The van der Waals surface area contributed by atoms with E-state index in [1.54, 1.807) is 11.6 Å². The lowest BCUT2D eigenvalue weighted by molar-refractivity contribution is 0.600. The Morgan fingerprint density at radius 1 is 1.00 bits per heavy atom. The van der Waals surface area contributed by atoms with Crippen LogP contribution in [0.1, 0.15) is 16.8 Å². The quantitative estimate of drug-likeness (QED) is 0.788. The topological polar surface area (TPSA) is 64.0 Å². The zero-order valence-corrected chi connectivity index (χ0v) is 14.6. The number of nitrogens with zero attached hydrogens (tertiary/aromatic N) is 2. The van der Waals surface area contributed by atoms with Crippen LogP contribution in [0.3, 0.4) is 0 Å². The van der Waals surface area contributed by atoms with Crippen LogP contribution in [0.25, 0.3) is 5.69 Å². The molecule has 2 aromatic carbocycles. The van der Waals surface area contributed by atoms with Gasteiger partial charge in [-0.05, 0) is 50.1 Å². The van der Waals surface area contributed by atoms with E-state index in [-0.39, 0.29) is 4.90 Å². The van der Waals surface area contributed by atoms with Crippen LogP contribution in [0.4, 0.5) is 5.69 Å². The van der Waals surface area contributed by atoms with Crippen molar-refractivity contribution in [1.82, 2.24) is 9.78 Å². The highest BCUT2D eigenvalue weighted by molar-refractivity contribution is 7.92. The van der Waals surface area contributed by atoms with E-state index >= 15 is 0 Å². The van der Waals surface area contributed by atoms with E-state index in [9.17, 15) is 8.42 Å². The van der Waals surface area contributed by atoms with E-state index < -0.39 is 10.0 Å². The maximum Gasteiger partial charge on any atom is 0.265 e. The number of hydrogen-bond acceptors (Lipinski definition) is 3. The number of benzene rings is 2. The molecule has 0 saturated heterocycles. The van der Waals surface area contributed by atoms with Crippen molar-refractivity contribution in [1.29, 1.82) is 0 Å². The lowest BCUT2D eigenvalue weighted by atomic mass is 10.1. The molecule has 0 fully saturated rings. The third-order valence-corrected chi connectivity index (χ3v) is 5.27. The Morgan fingerprint density at radius 3 is 2.42 bits per heavy atom. The maximum atomic E-state index is 12.8. The minimum atomic E-state index is -3.70. The Hall–Kier alpha value is -2.60. The summed E-state index contributed by atoms with van der Waals surface area (Å²) in [7, 11) is -3.70. The van der Waals surface area contributed by atoms with Crippen LogP contribution in [0, 0.1) is 20.8 Å². The number of rotatable bonds is 4. The number of nitrogens with one attached hydrogen (secondary N) is 1. The lowest BCUT2D eigenvalue weighted by Crippen LogP contribution is -2.14. The van der Waals surface area contributed by atoms with E-state index in [0.29, 0.717) is 11.4 Å². The maximum absolute atomic E-state index is 12.8. The molecule has 0 aliphatic carbocycles. The Bertz CT molecular complexity index is 977. The van der Waals surface area contributed by atoms with Crippen LogP contribution in [0.5, 0.6) is 0 Å². The third-order valence-electron chi connectivity index (χ3n) is 3.80. The van der Waals surface area contributed by atoms with Crippen LogP contribution in [0.2, 0.25) is 0 Å². The van der Waals surface area contributed by atoms with Gasteiger partial charge in [0.05, 0.1) is 23.3 Å². The first-order valence-electron chi connectivity index (χ1n) is 7.58. The fourth-order valence-corrected chi connectivity index (χ4v) is 3.75. The second-order valence-corrected chi connectivity index (χ2v) is 7.43. The molecule has 0 amide bonds. The van der Waals surface area contributed by atoms with Crippen molar-refractivity contribution in [2.75, 3.05) is 4.72 Å². The summed E-state index contributed by atoms with van der Waals surface area (Å²) in [5.41, 5.74) is 3.72. The molecule has 6 heteroatoms. The Morgan fingerprint density at radius 2 is 1.71 bits per heavy atom. The summed E-state index contributed by atoms with van der Waals surface area (Å²) in [5.74, 6) is 0. The van der Waals surface area contributed by atoms with Crippen LogP contribution in [0.15, 0.2) is 59.6 Å². The van der Waals surface area contributed by atoms with E-state index in [1.165, 1.54) is 6.20 Å². The highest BCUT2D eigenvalue weighted by atomic mass is 32.2. The standard InChI is InChI=1S/C18H19N3O2S/c1-13-9-10-14(2)17(11-13)20-24(22,23)18-12-21(19-15(18)3)16-7-5-4-6-8-16/h4-12,20H,1-3H3. The molecule has 0 spiro atoms. The Labute approximate surface area is 142 Å². The van der Waals surface area contributed by atoms with Crippen molar-refractivity contribution in [2.24, 2.45) is 0 Å². The van der Waals surface area contributed by atoms with Gasteiger partial charge in [0.2, 0.25) is 0 Å². The van der Waals surface area contributed by atoms with Gasteiger partial charge in [-0.1, -0.05) is 30.3 Å². The SMILES string of the molecule is Cc1ccc(C)c(NS(=O)(=O)c2cn(-c3ccccc3)nc2C)c1. The highest BCUT2D eigenvalue weighted by Gasteiger charge is 2.21. The third kappa shape index (κ3) is 3.19. The Balaban J connectivity index is 1.99. The van der Waals surface area contributed by atoms with Gasteiger partial charge >= 0.3 is 0 Å². The molecule has 1 heterocycles. The molecule has 0 aliphatic heterocycles. The summed E-state index contributed by atoms with van der Waals surface area (Å²) in [6.07, 6.45) is 1.54. The zero-order chi connectivity index (χ0) is 17.3. The van der Waals surface area contributed by atoms with Gasteiger partial charge in [0.25, 0.3) is 10.0 Å². The van der Waals surface area contributed by atoms with E-state index in [0.717, 1.165) is 16.8 Å². The summed E-state index contributed by atoms with van der Waals surface area (Å²) < 4.78 is 29.8. The number of aryl methyl sites for hydroxylation is 3.